The van der Waals surface area contributed by atoms with Gasteiger partial charge in [-0.1, -0.05) is 38.3 Å². The SMILES string of the molecule is CCC(CC)C(=O)NC(/C(N)=N/O)C1CCCCC1. The Morgan fingerprint density at radius 1 is 1.32 bits per heavy atom. The first-order valence-corrected chi connectivity index (χ1v) is 7.41. The molecule has 0 aromatic carbocycles. The van der Waals surface area contributed by atoms with Gasteiger partial charge in [-0.3, -0.25) is 4.79 Å². The molecule has 0 aromatic rings. The molecule has 1 fully saturated rings. The average molecular weight is 269 g/mol. The molecule has 1 rings (SSSR count). The van der Waals surface area contributed by atoms with Gasteiger partial charge in [0.25, 0.3) is 0 Å². The first-order chi connectivity index (χ1) is 9.13. The van der Waals surface area contributed by atoms with Crippen LogP contribution < -0.4 is 11.1 Å². The Kier molecular flexibility index (Phi) is 6.67. The van der Waals surface area contributed by atoms with Gasteiger partial charge in [-0.05, 0) is 31.6 Å². The van der Waals surface area contributed by atoms with Gasteiger partial charge in [-0.15, -0.1) is 0 Å². The van der Waals surface area contributed by atoms with Crippen LogP contribution in [0.3, 0.4) is 0 Å². The van der Waals surface area contributed by atoms with Gasteiger partial charge < -0.3 is 16.3 Å². The standard InChI is InChI=1S/C14H27N3O2/c1-3-10(4-2)14(18)16-12(13(15)17-19)11-8-6-5-7-9-11/h10-12,19H,3-9H2,1-2H3,(H2,15,17)(H,16,18). The highest BCUT2D eigenvalue weighted by Crippen LogP contribution is 2.27. The van der Waals surface area contributed by atoms with E-state index >= 15 is 0 Å². The van der Waals surface area contributed by atoms with E-state index in [2.05, 4.69) is 10.5 Å². The first-order valence-electron chi connectivity index (χ1n) is 7.41. The Morgan fingerprint density at radius 2 is 1.89 bits per heavy atom. The molecule has 1 aliphatic carbocycles. The highest BCUT2D eigenvalue weighted by atomic mass is 16.4. The topological polar surface area (TPSA) is 87.7 Å². The zero-order chi connectivity index (χ0) is 14.3. The van der Waals surface area contributed by atoms with Gasteiger partial charge in [0.05, 0.1) is 6.04 Å². The average Bonchev–Trinajstić information content (AvgIpc) is 2.46. The fourth-order valence-electron chi connectivity index (χ4n) is 2.89. The van der Waals surface area contributed by atoms with Crippen molar-refractivity contribution in [3.63, 3.8) is 0 Å². The number of nitrogens with one attached hydrogen (secondary N) is 1. The van der Waals surface area contributed by atoms with Crippen molar-refractivity contribution in [1.82, 2.24) is 5.32 Å². The predicted molar refractivity (Wildman–Crippen MR) is 76.0 cm³/mol. The van der Waals surface area contributed by atoms with E-state index in [4.69, 9.17) is 10.9 Å². The van der Waals surface area contributed by atoms with E-state index in [-0.39, 0.29) is 23.7 Å². The minimum Gasteiger partial charge on any atom is -0.409 e. The van der Waals surface area contributed by atoms with E-state index in [0.717, 1.165) is 38.5 Å². The molecule has 1 unspecified atom stereocenters. The molecule has 5 nitrogen and oxygen atoms in total. The lowest BCUT2D eigenvalue weighted by atomic mass is 9.83. The minimum atomic E-state index is -0.321. The zero-order valence-corrected chi connectivity index (χ0v) is 12.1. The highest BCUT2D eigenvalue weighted by Gasteiger charge is 2.29. The lowest BCUT2D eigenvalue weighted by Gasteiger charge is -2.31. The molecule has 1 saturated carbocycles. The molecule has 0 aromatic heterocycles. The van der Waals surface area contributed by atoms with Gasteiger partial charge in [0.1, 0.15) is 0 Å². The number of nitrogens with zero attached hydrogens (tertiary/aromatic N) is 1. The summed E-state index contributed by atoms with van der Waals surface area (Å²) in [5.41, 5.74) is 5.76. The molecule has 0 radical (unpaired) electrons. The summed E-state index contributed by atoms with van der Waals surface area (Å²) in [6.07, 6.45) is 7.24. The van der Waals surface area contributed by atoms with Crippen LogP contribution in [0.2, 0.25) is 0 Å². The molecule has 0 aliphatic heterocycles. The number of amidine groups is 1. The van der Waals surface area contributed by atoms with Crippen LogP contribution in [-0.4, -0.2) is 23.0 Å². The second-order valence-corrected chi connectivity index (χ2v) is 5.42. The Morgan fingerprint density at radius 3 is 2.37 bits per heavy atom. The molecule has 5 heteroatoms. The van der Waals surface area contributed by atoms with Gasteiger partial charge in [-0.2, -0.15) is 0 Å². The molecule has 0 bridgehead atoms. The van der Waals surface area contributed by atoms with Crippen LogP contribution in [0.4, 0.5) is 0 Å². The molecular formula is C14H27N3O2. The summed E-state index contributed by atoms with van der Waals surface area (Å²) in [4.78, 5) is 12.2. The molecule has 0 heterocycles. The van der Waals surface area contributed by atoms with Crippen molar-refractivity contribution >= 4 is 11.7 Å². The summed E-state index contributed by atoms with van der Waals surface area (Å²) in [6, 6.07) is -0.321. The smallest absolute Gasteiger partial charge is 0.223 e. The predicted octanol–water partition coefficient (Wildman–Crippen LogP) is 2.23. The molecule has 1 aliphatic rings. The molecular weight excluding hydrogens is 242 g/mol. The van der Waals surface area contributed by atoms with E-state index < -0.39 is 0 Å². The van der Waals surface area contributed by atoms with Crippen LogP contribution in [-0.2, 0) is 4.79 Å². The maximum atomic E-state index is 12.2. The Balaban J connectivity index is 2.71. The van der Waals surface area contributed by atoms with E-state index in [9.17, 15) is 4.79 Å². The maximum absolute atomic E-state index is 12.2. The number of hydrogen-bond acceptors (Lipinski definition) is 3. The van der Waals surface area contributed by atoms with Crippen molar-refractivity contribution in [3.8, 4) is 0 Å². The number of rotatable bonds is 6. The summed E-state index contributed by atoms with van der Waals surface area (Å²) < 4.78 is 0. The maximum Gasteiger partial charge on any atom is 0.223 e. The summed E-state index contributed by atoms with van der Waals surface area (Å²) in [5, 5.41) is 15.0. The molecule has 0 spiro atoms. The molecule has 19 heavy (non-hydrogen) atoms. The zero-order valence-electron chi connectivity index (χ0n) is 12.1. The molecule has 1 amide bonds. The third kappa shape index (κ3) is 4.40. The van der Waals surface area contributed by atoms with Crippen LogP contribution in [0.1, 0.15) is 58.8 Å². The Hall–Kier alpha value is -1.26. The monoisotopic (exact) mass is 269 g/mol. The van der Waals surface area contributed by atoms with Crippen LogP contribution in [0.15, 0.2) is 5.16 Å². The highest BCUT2D eigenvalue weighted by molar-refractivity contribution is 5.90. The Labute approximate surface area is 115 Å². The van der Waals surface area contributed by atoms with Gasteiger partial charge in [0, 0.05) is 5.92 Å². The largest absolute Gasteiger partial charge is 0.409 e. The summed E-state index contributed by atoms with van der Waals surface area (Å²) in [6.45, 7) is 4.01. The summed E-state index contributed by atoms with van der Waals surface area (Å²) >= 11 is 0. The van der Waals surface area contributed by atoms with Crippen molar-refractivity contribution < 1.29 is 10.0 Å². The van der Waals surface area contributed by atoms with Crippen LogP contribution >= 0.6 is 0 Å². The van der Waals surface area contributed by atoms with Gasteiger partial charge >= 0.3 is 0 Å². The number of carbonyl (C=O) groups excluding carboxylic acids is 1. The number of oxime groups is 1. The van der Waals surface area contributed by atoms with Crippen molar-refractivity contribution in [3.05, 3.63) is 0 Å². The van der Waals surface area contributed by atoms with E-state index in [1.165, 1.54) is 6.42 Å². The van der Waals surface area contributed by atoms with E-state index in [1.54, 1.807) is 0 Å². The number of carbonyl (C=O) groups is 1. The van der Waals surface area contributed by atoms with E-state index in [1.807, 2.05) is 13.8 Å². The molecule has 0 saturated heterocycles. The van der Waals surface area contributed by atoms with Crippen molar-refractivity contribution in [1.29, 1.82) is 0 Å². The van der Waals surface area contributed by atoms with Crippen molar-refractivity contribution in [2.75, 3.05) is 0 Å². The second-order valence-electron chi connectivity index (χ2n) is 5.42. The molecule has 4 N–H and O–H groups in total. The third-order valence-electron chi connectivity index (χ3n) is 4.21. The number of hydrogen-bond donors (Lipinski definition) is 3. The third-order valence-corrected chi connectivity index (χ3v) is 4.21. The van der Waals surface area contributed by atoms with Crippen LogP contribution in [0.5, 0.6) is 0 Å². The summed E-state index contributed by atoms with van der Waals surface area (Å²) in [5.74, 6) is 0.457. The van der Waals surface area contributed by atoms with Gasteiger partial charge in [-0.25, -0.2) is 0 Å². The Bertz CT molecular complexity index is 308. The lowest BCUT2D eigenvalue weighted by Crippen LogP contribution is -2.51. The normalized spacial score (nSPS) is 19.4. The lowest BCUT2D eigenvalue weighted by molar-refractivity contribution is -0.125. The number of nitrogens with two attached hydrogens (primary N) is 1. The summed E-state index contributed by atoms with van der Waals surface area (Å²) in [7, 11) is 0. The molecule has 110 valence electrons. The first kappa shape index (κ1) is 15.8. The van der Waals surface area contributed by atoms with Crippen molar-refractivity contribution in [2.24, 2.45) is 22.7 Å². The van der Waals surface area contributed by atoms with Crippen LogP contribution in [0.25, 0.3) is 0 Å². The van der Waals surface area contributed by atoms with Gasteiger partial charge in [0.15, 0.2) is 5.84 Å². The fraction of sp³-hybridized carbons (Fsp3) is 0.857. The van der Waals surface area contributed by atoms with E-state index in [0.29, 0.717) is 5.92 Å². The van der Waals surface area contributed by atoms with Crippen molar-refractivity contribution in [2.45, 2.75) is 64.8 Å². The minimum absolute atomic E-state index is 0.0117. The van der Waals surface area contributed by atoms with Crippen LogP contribution in [0, 0.1) is 11.8 Å². The quantitative estimate of drug-likeness (QED) is 0.299. The molecule has 1 atom stereocenters. The number of amides is 1. The second kappa shape index (κ2) is 8.02. The fourth-order valence-corrected chi connectivity index (χ4v) is 2.89. The van der Waals surface area contributed by atoms with Gasteiger partial charge in [0.2, 0.25) is 5.91 Å².